The van der Waals surface area contributed by atoms with Crippen molar-refractivity contribution in [2.24, 2.45) is 0 Å². The topological polar surface area (TPSA) is 77.2 Å². The Kier molecular flexibility index (Phi) is 3.82. The molecule has 0 unspecified atom stereocenters. The number of amides is 1. The molecule has 1 saturated carbocycles. The fourth-order valence-electron chi connectivity index (χ4n) is 2.56. The molecule has 112 valence electrons. The van der Waals surface area contributed by atoms with Gasteiger partial charge >= 0.3 is 0 Å². The molecule has 3 N–H and O–H groups in total. The van der Waals surface area contributed by atoms with Gasteiger partial charge in [-0.25, -0.2) is 4.98 Å². The van der Waals surface area contributed by atoms with Crippen molar-refractivity contribution in [3.8, 4) is 0 Å². The lowest BCUT2D eigenvalue weighted by Crippen LogP contribution is -2.47. The highest BCUT2D eigenvalue weighted by Crippen LogP contribution is 2.33. The minimum Gasteiger partial charge on any atom is -0.397 e. The SMILES string of the molecule is CCOC1CC(NC(=O)c2sc3nc(C)ccc3c2N)C1. The average Bonchev–Trinajstić information content (AvgIpc) is 2.73. The minimum atomic E-state index is -0.104. The summed E-state index contributed by atoms with van der Waals surface area (Å²) < 4.78 is 5.50. The Hall–Kier alpha value is -1.66. The molecule has 0 aliphatic heterocycles. The van der Waals surface area contributed by atoms with Crippen LogP contribution in [0.3, 0.4) is 0 Å². The molecule has 1 aliphatic rings. The van der Waals surface area contributed by atoms with Gasteiger partial charge in [0.1, 0.15) is 9.71 Å². The molecule has 5 nitrogen and oxygen atoms in total. The lowest BCUT2D eigenvalue weighted by atomic mass is 9.89. The summed E-state index contributed by atoms with van der Waals surface area (Å²) in [6.07, 6.45) is 2.04. The number of hydrogen-bond acceptors (Lipinski definition) is 5. The standard InChI is InChI=1S/C15H19N3O2S/c1-3-20-10-6-9(7-10)18-14(19)13-12(16)11-5-4-8(2)17-15(11)21-13/h4-5,9-10H,3,6-7,16H2,1-2H3,(H,18,19). The number of nitrogen functional groups attached to an aromatic ring is 1. The Morgan fingerprint density at radius 2 is 2.29 bits per heavy atom. The maximum Gasteiger partial charge on any atom is 0.263 e. The van der Waals surface area contributed by atoms with Gasteiger partial charge in [0.05, 0.1) is 11.8 Å². The van der Waals surface area contributed by atoms with E-state index >= 15 is 0 Å². The highest BCUT2D eigenvalue weighted by molar-refractivity contribution is 7.21. The first kappa shape index (κ1) is 14.3. The van der Waals surface area contributed by atoms with Crippen molar-refractivity contribution in [1.29, 1.82) is 0 Å². The normalized spacial score (nSPS) is 21.2. The monoisotopic (exact) mass is 305 g/mol. The van der Waals surface area contributed by atoms with Crippen molar-refractivity contribution in [1.82, 2.24) is 10.3 Å². The number of aryl methyl sites for hydroxylation is 1. The molecular weight excluding hydrogens is 286 g/mol. The smallest absolute Gasteiger partial charge is 0.263 e. The first-order valence-electron chi connectivity index (χ1n) is 7.16. The van der Waals surface area contributed by atoms with Crippen molar-refractivity contribution in [2.45, 2.75) is 38.8 Å². The number of carbonyl (C=O) groups is 1. The number of thiophene rings is 1. The van der Waals surface area contributed by atoms with Crippen molar-refractivity contribution in [3.63, 3.8) is 0 Å². The second kappa shape index (κ2) is 5.61. The van der Waals surface area contributed by atoms with Crippen LogP contribution in [0.25, 0.3) is 10.2 Å². The van der Waals surface area contributed by atoms with Gasteiger partial charge in [-0.15, -0.1) is 11.3 Å². The largest absolute Gasteiger partial charge is 0.397 e. The van der Waals surface area contributed by atoms with Crippen LogP contribution in [0, 0.1) is 6.92 Å². The average molecular weight is 305 g/mol. The van der Waals surface area contributed by atoms with E-state index in [-0.39, 0.29) is 18.1 Å². The number of ether oxygens (including phenoxy) is 1. The fourth-order valence-corrected chi connectivity index (χ4v) is 3.61. The lowest BCUT2D eigenvalue weighted by molar-refractivity contribution is -0.00858. The third kappa shape index (κ3) is 2.73. The fraction of sp³-hybridized carbons (Fsp3) is 0.467. The number of nitrogens with zero attached hydrogens (tertiary/aromatic N) is 1. The van der Waals surface area contributed by atoms with Gasteiger partial charge in [-0.3, -0.25) is 4.79 Å². The maximum atomic E-state index is 12.3. The van der Waals surface area contributed by atoms with Crippen LogP contribution in [0.4, 0.5) is 5.69 Å². The second-order valence-corrected chi connectivity index (χ2v) is 6.37. The highest BCUT2D eigenvalue weighted by Gasteiger charge is 2.31. The molecule has 1 aliphatic carbocycles. The van der Waals surface area contributed by atoms with Crippen LogP contribution in [0.5, 0.6) is 0 Å². The molecule has 21 heavy (non-hydrogen) atoms. The van der Waals surface area contributed by atoms with Gasteiger partial charge in [-0.1, -0.05) is 0 Å². The molecule has 2 aromatic rings. The van der Waals surface area contributed by atoms with E-state index in [4.69, 9.17) is 10.5 Å². The maximum absolute atomic E-state index is 12.3. The molecule has 0 radical (unpaired) electrons. The van der Waals surface area contributed by atoms with E-state index in [2.05, 4.69) is 10.3 Å². The van der Waals surface area contributed by atoms with Crippen LogP contribution in [0.1, 0.15) is 35.1 Å². The second-order valence-electron chi connectivity index (χ2n) is 5.37. The first-order chi connectivity index (χ1) is 10.1. The van der Waals surface area contributed by atoms with Crippen LogP contribution in [-0.2, 0) is 4.74 Å². The van der Waals surface area contributed by atoms with Gasteiger partial charge in [-0.05, 0) is 38.8 Å². The van der Waals surface area contributed by atoms with Crippen LogP contribution in [-0.4, -0.2) is 29.6 Å². The Morgan fingerprint density at radius 1 is 1.52 bits per heavy atom. The highest BCUT2D eigenvalue weighted by atomic mass is 32.1. The van der Waals surface area contributed by atoms with E-state index in [1.807, 2.05) is 26.0 Å². The molecule has 0 atom stereocenters. The zero-order valence-corrected chi connectivity index (χ0v) is 13.0. The number of nitrogens with one attached hydrogen (secondary N) is 1. The summed E-state index contributed by atoms with van der Waals surface area (Å²) in [5, 5.41) is 3.88. The Balaban J connectivity index is 1.72. The summed E-state index contributed by atoms with van der Waals surface area (Å²) in [5.41, 5.74) is 7.54. The molecule has 0 aromatic carbocycles. The zero-order valence-electron chi connectivity index (χ0n) is 12.2. The summed E-state index contributed by atoms with van der Waals surface area (Å²) in [6, 6.07) is 4.02. The van der Waals surface area contributed by atoms with E-state index < -0.39 is 0 Å². The van der Waals surface area contributed by atoms with Gasteiger partial charge in [0, 0.05) is 23.7 Å². The van der Waals surface area contributed by atoms with Gasteiger partial charge in [0.25, 0.3) is 5.91 Å². The Morgan fingerprint density at radius 3 is 3.00 bits per heavy atom. The first-order valence-corrected chi connectivity index (χ1v) is 7.98. The quantitative estimate of drug-likeness (QED) is 0.909. The third-order valence-corrected chi connectivity index (χ3v) is 4.89. The molecule has 1 fully saturated rings. The van der Waals surface area contributed by atoms with E-state index in [1.165, 1.54) is 11.3 Å². The molecule has 2 heterocycles. The van der Waals surface area contributed by atoms with Gasteiger partial charge < -0.3 is 15.8 Å². The van der Waals surface area contributed by atoms with Crippen LogP contribution in [0.15, 0.2) is 12.1 Å². The zero-order chi connectivity index (χ0) is 15.0. The number of aromatic nitrogens is 1. The predicted molar refractivity (Wildman–Crippen MR) is 84.7 cm³/mol. The van der Waals surface area contributed by atoms with E-state index in [9.17, 15) is 4.79 Å². The summed E-state index contributed by atoms with van der Waals surface area (Å²) in [5.74, 6) is -0.104. The van der Waals surface area contributed by atoms with E-state index in [0.29, 0.717) is 10.6 Å². The summed E-state index contributed by atoms with van der Waals surface area (Å²) in [4.78, 5) is 18.1. The van der Waals surface area contributed by atoms with E-state index in [0.717, 1.165) is 35.4 Å². The predicted octanol–water partition coefficient (Wildman–Crippen LogP) is 2.48. The lowest BCUT2D eigenvalue weighted by Gasteiger charge is -2.35. The number of pyridine rings is 1. The number of anilines is 1. The number of rotatable bonds is 4. The van der Waals surface area contributed by atoms with Gasteiger partial charge in [-0.2, -0.15) is 0 Å². The molecule has 0 spiro atoms. The van der Waals surface area contributed by atoms with Crippen molar-refractivity contribution >= 4 is 33.1 Å². The molecule has 1 amide bonds. The van der Waals surface area contributed by atoms with Gasteiger partial charge in [0.2, 0.25) is 0 Å². The Labute approximate surface area is 127 Å². The number of hydrogen-bond donors (Lipinski definition) is 2. The number of carbonyl (C=O) groups excluding carboxylic acids is 1. The molecule has 2 aromatic heterocycles. The van der Waals surface area contributed by atoms with Crippen LogP contribution >= 0.6 is 11.3 Å². The molecule has 3 rings (SSSR count). The number of nitrogens with two attached hydrogens (primary N) is 1. The molecule has 6 heteroatoms. The van der Waals surface area contributed by atoms with Crippen molar-refractivity contribution in [3.05, 3.63) is 22.7 Å². The Bertz CT molecular complexity index is 677. The van der Waals surface area contributed by atoms with Crippen LogP contribution in [0.2, 0.25) is 0 Å². The van der Waals surface area contributed by atoms with Crippen molar-refractivity contribution < 1.29 is 9.53 Å². The molecular formula is C15H19N3O2S. The third-order valence-electron chi connectivity index (χ3n) is 3.77. The summed E-state index contributed by atoms with van der Waals surface area (Å²) in [6.45, 7) is 4.63. The molecule has 0 saturated heterocycles. The van der Waals surface area contributed by atoms with Crippen molar-refractivity contribution in [2.75, 3.05) is 12.3 Å². The van der Waals surface area contributed by atoms with Gasteiger partial charge in [0.15, 0.2) is 0 Å². The number of fused-ring (bicyclic) bond motifs is 1. The van der Waals surface area contributed by atoms with Crippen LogP contribution < -0.4 is 11.1 Å². The molecule has 0 bridgehead atoms. The summed E-state index contributed by atoms with van der Waals surface area (Å²) >= 11 is 1.35. The summed E-state index contributed by atoms with van der Waals surface area (Å²) in [7, 11) is 0. The van der Waals surface area contributed by atoms with E-state index in [1.54, 1.807) is 0 Å². The minimum absolute atomic E-state index is 0.104.